The Bertz CT molecular complexity index is 731. The Balaban J connectivity index is 1.96. The number of allylic oxidation sites excluding steroid dienone is 2. The normalized spacial score (nSPS) is 19.3. The third kappa shape index (κ3) is 2.31. The largest absolute Gasteiger partial charge is 0.449 e. The molecule has 0 radical (unpaired) electrons. The van der Waals surface area contributed by atoms with E-state index in [1.54, 1.807) is 0 Å². The van der Waals surface area contributed by atoms with E-state index in [1.165, 1.54) is 16.0 Å². The Kier molecular flexibility index (Phi) is 2.95. The lowest BCUT2D eigenvalue weighted by Crippen LogP contribution is -2.22. The number of rotatable bonds is 2. The maximum Gasteiger partial charge on any atom is 0.404 e. The van der Waals surface area contributed by atoms with Crippen LogP contribution in [0.2, 0.25) is 0 Å². The molecular weight excluding hydrogens is 258 g/mol. The lowest BCUT2D eigenvalue weighted by atomic mass is 9.95. The van der Waals surface area contributed by atoms with Gasteiger partial charge in [0.05, 0.1) is 0 Å². The molecule has 2 N–H and O–H groups in total. The number of carbonyl (C=O) groups excluding carboxylic acids is 1. The summed E-state index contributed by atoms with van der Waals surface area (Å²) in [6.07, 6.45) is 7.59. The number of hydrogen-bond donors (Lipinski definition) is 2. The minimum atomic E-state index is -0.736. The molecule has 0 aliphatic heterocycles. The van der Waals surface area contributed by atoms with E-state index in [0.29, 0.717) is 0 Å². The topological polar surface area (TPSA) is 52.3 Å². The average molecular weight is 271 g/mol. The Morgan fingerprint density at radius 3 is 3.05 bits per heavy atom. The number of primary amides is 1. The second-order valence-corrected chi connectivity index (χ2v) is 5.12. The minimum absolute atomic E-state index is 0.0762. The van der Waals surface area contributed by atoms with Gasteiger partial charge in [0.2, 0.25) is 0 Å². The molecular formula is C15H13NO2S. The molecule has 0 saturated heterocycles. The molecule has 19 heavy (non-hydrogen) atoms. The van der Waals surface area contributed by atoms with Crippen LogP contribution in [0.15, 0.2) is 46.9 Å². The van der Waals surface area contributed by atoms with Crippen LogP contribution in [-0.2, 0) is 4.74 Å². The summed E-state index contributed by atoms with van der Waals surface area (Å²) >= 11 is 4.35. The van der Waals surface area contributed by atoms with E-state index in [9.17, 15) is 4.79 Å². The number of benzene rings is 1. The number of hydrogen-bond acceptors (Lipinski definition) is 3. The maximum absolute atomic E-state index is 10.6. The van der Waals surface area contributed by atoms with E-state index in [0.717, 1.165) is 10.5 Å². The van der Waals surface area contributed by atoms with Gasteiger partial charge in [0.15, 0.2) is 0 Å². The van der Waals surface area contributed by atoms with Gasteiger partial charge in [-0.1, -0.05) is 24.3 Å². The fourth-order valence-electron chi connectivity index (χ4n) is 2.43. The first-order chi connectivity index (χ1) is 9.13. The molecule has 3 nitrogen and oxygen atoms in total. The van der Waals surface area contributed by atoms with E-state index in [1.807, 2.05) is 18.2 Å². The summed E-state index contributed by atoms with van der Waals surface area (Å²) in [6.45, 7) is 0.282. The number of fused-ring (bicyclic) bond motifs is 2. The Labute approximate surface area is 116 Å². The zero-order valence-corrected chi connectivity index (χ0v) is 11.1. The van der Waals surface area contributed by atoms with Crippen LogP contribution in [0.1, 0.15) is 0 Å². The maximum atomic E-state index is 10.6. The molecule has 0 spiro atoms. The van der Waals surface area contributed by atoms with Crippen molar-refractivity contribution in [2.75, 3.05) is 6.61 Å². The van der Waals surface area contributed by atoms with Crippen molar-refractivity contribution < 1.29 is 9.53 Å². The number of amides is 1. The van der Waals surface area contributed by atoms with Crippen molar-refractivity contribution in [2.24, 2.45) is 11.7 Å². The van der Waals surface area contributed by atoms with Crippen LogP contribution < -0.4 is 16.2 Å². The van der Waals surface area contributed by atoms with Crippen LogP contribution in [0.3, 0.4) is 0 Å². The van der Waals surface area contributed by atoms with Crippen molar-refractivity contribution in [1.82, 2.24) is 0 Å². The highest BCUT2D eigenvalue weighted by Crippen LogP contribution is 2.25. The summed E-state index contributed by atoms with van der Waals surface area (Å²) in [7, 11) is 0. The third-order valence-corrected chi connectivity index (χ3v) is 3.55. The van der Waals surface area contributed by atoms with Crippen molar-refractivity contribution >= 4 is 30.4 Å². The number of ether oxygens (including phenoxy) is 1. The summed E-state index contributed by atoms with van der Waals surface area (Å²) in [4.78, 5) is 11.6. The molecule has 96 valence electrons. The average Bonchev–Trinajstić information content (AvgIpc) is 2.72. The molecule has 2 aliphatic carbocycles. The standard InChI is InChI=1S/C15H13NO2S/c16-15(17)18-8-9-1-3-13-10(5-9)6-11-7-12(19)2-4-14(11)13/h1-7,9,19H,8H2,(H2,16,17). The van der Waals surface area contributed by atoms with E-state index < -0.39 is 6.09 Å². The molecule has 1 atom stereocenters. The van der Waals surface area contributed by atoms with Crippen LogP contribution in [0.25, 0.3) is 11.6 Å². The summed E-state index contributed by atoms with van der Waals surface area (Å²) in [5.41, 5.74) is 7.34. The van der Waals surface area contributed by atoms with Gasteiger partial charge in [0.1, 0.15) is 6.61 Å². The molecule has 1 unspecified atom stereocenters. The van der Waals surface area contributed by atoms with Crippen LogP contribution in [-0.4, -0.2) is 12.7 Å². The molecule has 4 heteroatoms. The van der Waals surface area contributed by atoms with Crippen molar-refractivity contribution in [1.29, 1.82) is 0 Å². The second-order valence-electron chi connectivity index (χ2n) is 4.60. The first-order valence-corrected chi connectivity index (χ1v) is 6.46. The van der Waals surface area contributed by atoms with E-state index in [4.69, 9.17) is 10.5 Å². The highest BCUT2D eigenvalue weighted by molar-refractivity contribution is 7.80. The van der Waals surface area contributed by atoms with Crippen molar-refractivity contribution in [3.05, 3.63) is 52.4 Å². The van der Waals surface area contributed by atoms with Crippen LogP contribution >= 0.6 is 12.6 Å². The fourth-order valence-corrected chi connectivity index (χ4v) is 2.64. The zero-order chi connectivity index (χ0) is 13.4. The second kappa shape index (κ2) is 4.63. The Hall–Kier alpha value is -1.94. The highest BCUT2D eigenvalue weighted by Gasteiger charge is 2.16. The molecule has 2 aliphatic rings. The molecule has 1 amide bonds. The van der Waals surface area contributed by atoms with Gasteiger partial charge in [0.25, 0.3) is 0 Å². The molecule has 0 fully saturated rings. The zero-order valence-electron chi connectivity index (χ0n) is 10.2. The molecule has 3 rings (SSSR count). The van der Waals surface area contributed by atoms with E-state index in [2.05, 4.69) is 36.9 Å². The predicted octanol–water partition coefficient (Wildman–Crippen LogP) is 1.13. The molecule has 1 aromatic rings. The smallest absolute Gasteiger partial charge is 0.404 e. The Morgan fingerprint density at radius 1 is 1.42 bits per heavy atom. The van der Waals surface area contributed by atoms with Crippen molar-refractivity contribution in [3.8, 4) is 0 Å². The van der Waals surface area contributed by atoms with Crippen LogP contribution in [0.4, 0.5) is 4.79 Å². The predicted molar refractivity (Wildman–Crippen MR) is 77.1 cm³/mol. The van der Waals surface area contributed by atoms with Gasteiger partial charge in [0, 0.05) is 10.8 Å². The molecule has 0 bridgehead atoms. The summed E-state index contributed by atoms with van der Waals surface area (Å²) in [5.74, 6) is 0.0762. The first-order valence-electron chi connectivity index (χ1n) is 6.01. The first kappa shape index (κ1) is 12.1. The van der Waals surface area contributed by atoms with Gasteiger partial charge >= 0.3 is 6.09 Å². The quantitative estimate of drug-likeness (QED) is 0.792. The van der Waals surface area contributed by atoms with Crippen molar-refractivity contribution in [2.45, 2.75) is 4.90 Å². The van der Waals surface area contributed by atoms with Gasteiger partial charge in [-0.15, -0.1) is 12.6 Å². The van der Waals surface area contributed by atoms with Gasteiger partial charge < -0.3 is 10.5 Å². The summed E-state index contributed by atoms with van der Waals surface area (Å²) in [6, 6.07) is 6.12. The molecule has 1 aromatic carbocycles. The van der Waals surface area contributed by atoms with E-state index >= 15 is 0 Å². The van der Waals surface area contributed by atoms with Gasteiger partial charge in [-0.3, -0.25) is 0 Å². The van der Waals surface area contributed by atoms with Gasteiger partial charge in [-0.2, -0.15) is 0 Å². The summed E-state index contributed by atoms with van der Waals surface area (Å²) < 4.78 is 4.83. The van der Waals surface area contributed by atoms with E-state index in [-0.39, 0.29) is 12.5 Å². The fraction of sp³-hybridized carbons (Fsp3) is 0.133. The highest BCUT2D eigenvalue weighted by atomic mass is 32.1. The minimum Gasteiger partial charge on any atom is -0.449 e. The van der Waals surface area contributed by atoms with Gasteiger partial charge in [-0.05, 0) is 39.8 Å². The molecule has 0 saturated carbocycles. The number of carbonyl (C=O) groups is 1. The number of thiol groups is 1. The monoisotopic (exact) mass is 271 g/mol. The SMILES string of the molecule is NC(=O)OCC1C=CC2=c3ccc(S)cc3=CC2=C1. The Morgan fingerprint density at radius 2 is 2.26 bits per heavy atom. The van der Waals surface area contributed by atoms with Crippen LogP contribution in [0.5, 0.6) is 0 Å². The molecule has 0 aromatic heterocycles. The lowest BCUT2D eigenvalue weighted by Gasteiger charge is -2.14. The summed E-state index contributed by atoms with van der Waals surface area (Å²) in [5, 5.41) is 2.39. The van der Waals surface area contributed by atoms with Gasteiger partial charge in [-0.25, -0.2) is 4.79 Å². The van der Waals surface area contributed by atoms with Crippen LogP contribution in [0, 0.1) is 5.92 Å². The molecule has 0 heterocycles. The lowest BCUT2D eigenvalue weighted by molar-refractivity contribution is 0.150. The number of nitrogens with two attached hydrogens (primary N) is 1. The van der Waals surface area contributed by atoms with Crippen molar-refractivity contribution in [3.63, 3.8) is 0 Å². The third-order valence-electron chi connectivity index (χ3n) is 3.27.